The predicted octanol–water partition coefficient (Wildman–Crippen LogP) is 4.35. The normalized spacial score (nSPS) is 15.7. The first-order valence-corrected chi connectivity index (χ1v) is 9.25. The van der Waals surface area contributed by atoms with Crippen LogP contribution in [-0.2, 0) is 9.05 Å². The standard InChI is InChI=1S/C15H18ClFN2O2S/c1-9(2)10(3)4-5-13(17)11-6-12-8-18-19-15(12)14(7-11)22(16,20)21/h4-10,13H,1-3H3,(H,18,19)/b5-4+. The van der Waals surface area contributed by atoms with Crippen molar-refractivity contribution in [3.8, 4) is 0 Å². The molecule has 1 heterocycles. The molecule has 2 rings (SSSR count). The summed E-state index contributed by atoms with van der Waals surface area (Å²) in [5.74, 6) is 0.630. The van der Waals surface area contributed by atoms with E-state index in [-0.39, 0.29) is 21.9 Å². The molecule has 2 atom stereocenters. The van der Waals surface area contributed by atoms with Gasteiger partial charge in [-0.25, -0.2) is 12.8 Å². The summed E-state index contributed by atoms with van der Waals surface area (Å²) in [6.45, 7) is 6.11. The second-order valence-electron chi connectivity index (χ2n) is 5.68. The maximum Gasteiger partial charge on any atom is 0.263 e. The molecule has 0 saturated heterocycles. The Hall–Kier alpha value is -1.40. The predicted molar refractivity (Wildman–Crippen MR) is 86.1 cm³/mol. The van der Waals surface area contributed by atoms with Crippen molar-refractivity contribution in [3.63, 3.8) is 0 Å². The molecule has 0 aliphatic rings. The highest BCUT2D eigenvalue weighted by Crippen LogP contribution is 2.30. The van der Waals surface area contributed by atoms with Gasteiger partial charge in [0.25, 0.3) is 9.05 Å². The Balaban J connectivity index is 2.44. The number of rotatable bonds is 5. The van der Waals surface area contributed by atoms with Gasteiger partial charge in [-0.1, -0.05) is 26.8 Å². The van der Waals surface area contributed by atoms with Gasteiger partial charge in [0, 0.05) is 16.1 Å². The molecule has 0 radical (unpaired) electrons. The SMILES string of the molecule is CC(C)C(C)/C=C/C(F)c1cc(S(=O)(=O)Cl)c2[nH]ncc2c1. The van der Waals surface area contributed by atoms with Crippen molar-refractivity contribution in [3.05, 3.63) is 36.0 Å². The minimum Gasteiger partial charge on any atom is -0.276 e. The molecule has 0 bridgehead atoms. The van der Waals surface area contributed by atoms with E-state index >= 15 is 0 Å². The molecule has 1 aromatic heterocycles. The minimum absolute atomic E-state index is 0.160. The zero-order valence-corrected chi connectivity index (χ0v) is 14.1. The van der Waals surface area contributed by atoms with Crippen LogP contribution < -0.4 is 0 Å². The Labute approximate surface area is 133 Å². The van der Waals surface area contributed by atoms with Crippen LogP contribution in [-0.4, -0.2) is 18.6 Å². The third kappa shape index (κ3) is 3.67. The molecule has 0 aliphatic heterocycles. The van der Waals surface area contributed by atoms with E-state index < -0.39 is 15.2 Å². The lowest BCUT2D eigenvalue weighted by molar-refractivity contribution is 0.408. The smallest absolute Gasteiger partial charge is 0.263 e. The summed E-state index contributed by atoms with van der Waals surface area (Å²) in [6.07, 6.45) is 3.27. The van der Waals surface area contributed by atoms with Crippen LogP contribution in [0.1, 0.15) is 32.5 Å². The van der Waals surface area contributed by atoms with Crippen LogP contribution in [0.5, 0.6) is 0 Å². The Morgan fingerprint density at radius 3 is 2.55 bits per heavy atom. The fraction of sp³-hybridized carbons (Fsp3) is 0.400. The molecule has 2 aromatic rings. The van der Waals surface area contributed by atoms with E-state index in [9.17, 15) is 12.8 Å². The number of hydrogen-bond donors (Lipinski definition) is 1. The maximum atomic E-state index is 14.4. The first-order valence-electron chi connectivity index (χ1n) is 6.94. The van der Waals surface area contributed by atoms with Crippen LogP contribution in [0.15, 0.2) is 35.4 Å². The van der Waals surface area contributed by atoms with Crippen LogP contribution in [0.25, 0.3) is 10.9 Å². The number of H-pyrrole nitrogens is 1. The average Bonchev–Trinajstić information content (AvgIpc) is 2.89. The Kier molecular flexibility index (Phi) is 4.92. The summed E-state index contributed by atoms with van der Waals surface area (Å²) in [4.78, 5) is -0.160. The number of fused-ring (bicyclic) bond motifs is 1. The van der Waals surface area contributed by atoms with Crippen molar-refractivity contribution in [2.75, 3.05) is 0 Å². The molecular weight excluding hydrogens is 327 g/mol. The van der Waals surface area contributed by atoms with E-state index in [1.165, 1.54) is 18.3 Å². The van der Waals surface area contributed by atoms with Crippen LogP contribution >= 0.6 is 10.7 Å². The van der Waals surface area contributed by atoms with Gasteiger partial charge < -0.3 is 0 Å². The third-order valence-electron chi connectivity index (χ3n) is 3.75. The fourth-order valence-corrected chi connectivity index (χ4v) is 3.05. The van der Waals surface area contributed by atoms with Gasteiger partial charge in [-0.3, -0.25) is 5.10 Å². The van der Waals surface area contributed by atoms with Crippen molar-refractivity contribution in [1.82, 2.24) is 10.2 Å². The van der Waals surface area contributed by atoms with Crippen LogP contribution in [0.4, 0.5) is 4.39 Å². The molecule has 1 aromatic carbocycles. The van der Waals surface area contributed by atoms with Gasteiger partial charge in [0.2, 0.25) is 0 Å². The number of benzene rings is 1. The van der Waals surface area contributed by atoms with Crippen LogP contribution in [0, 0.1) is 11.8 Å². The molecule has 120 valence electrons. The van der Waals surface area contributed by atoms with E-state index in [4.69, 9.17) is 10.7 Å². The molecule has 1 N–H and O–H groups in total. The van der Waals surface area contributed by atoms with E-state index in [2.05, 4.69) is 24.0 Å². The quantitative estimate of drug-likeness (QED) is 0.648. The molecular formula is C15H18ClFN2O2S. The van der Waals surface area contributed by atoms with Gasteiger partial charge in [-0.2, -0.15) is 5.10 Å². The number of aromatic amines is 1. The molecule has 0 spiro atoms. The summed E-state index contributed by atoms with van der Waals surface area (Å²) in [5, 5.41) is 6.86. The number of nitrogens with one attached hydrogen (secondary N) is 1. The lowest BCUT2D eigenvalue weighted by Crippen LogP contribution is -2.00. The summed E-state index contributed by atoms with van der Waals surface area (Å²) < 4.78 is 37.7. The zero-order valence-electron chi connectivity index (χ0n) is 12.5. The number of halogens is 2. The van der Waals surface area contributed by atoms with Gasteiger partial charge >= 0.3 is 0 Å². The fourth-order valence-electron chi connectivity index (χ4n) is 2.00. The minimum atomic E-state index is -3.99. The first kappa shape index (κ1) is 17.0. The van der Waals surface area contributed by atoms with Crippen molar-refractivity contribution < 1.29 is 12.8 Å². The van der Waals surface area contributed by atoms with Crippen molar-refractivity contribution in [2.24, 2.45) is 11.8 Å². The Morgan fingerprint density at radius 2 is 1.95 bits per heavy atom. The van der Waals surface area contributed by atoms with Crippen molar-refractivity contribution in [2.45, 2.75) is 31.8 Å². The summed E-state index contributed by atoms with van der Waals surface area (Å²) in [5.41, 5.74) is 0.519. The van der Waals surface area contributed by atoms with Gasteiger partial charge in [-0.05, 0) is 35.6 Å². The van der Waals surface area contributed by atoms with E-state index in [0.717, 1.165) is 0 Å². The maximum absolute atomic E-state index is 14.4. The van der Waals surface area contributed by atoms with E-state index in [1.54, 1.807) is 12.1 Å². The number of nitrogens with zero attached hydrogens (tertiary/aromatic N) is 1. The second-order valence-corrected chi connectivity index (χ2v) is 8.22. The summed E-state index contributed by atoms with van der Waals surface area (Å²) >= 11 is 0. The van der Waals surface area contributed by atoms with Gasteiger partial charge in [0.1, 0.15) is 11.1 Å². The van der Waals surface area contributed by atoms with Gasteiger partial charge in [0.15, 0.2) is 0 Å². The highest BCUT2D eigenvalue weighted by atomic mass is 35.7. The van der Waals surface area contributed by atoms with E-state index in [1.807, 2.05) is 6.92 Å². The molecule has 22 heavy (non-hydrogen) atoms. The van der Waals surface area contributed by atoms with Crippen LogP contribution in [0.2, 0.25) is 0 Å². The van der Waals surface area contributed by atoms with Crippen LogP contribution in [0.3, 0.4) is 0 Å². The van der Waals surface area contributed by atoms with Crippen molar-refractivity contribution in [1.29, 1.82) is 0 Å². The second kappa shape index (κ2) is 6.38. The largest absolute Gasteiger partial charge is 0.276 e. The Bertz CT molecular complexity index is 799. The molecule has 0 fully saturated rings. The first-order chi connectivity index (χ1) is 10.2. The molecule has 7 heteroatoms. The van der Waals surface area contributed by atoms with Crippen molar-refractivity contribution >= 4 is 30.6 Å². The number of aromatic nitrogens is 2. The monoisotopic (exact) mass is 344 g/mol. The van der Waals surface area contributed by atoms with Gasteiger partial charge in [0.05, 0.1) is 11.7 Å². The lowest BCUT2D eigenvalue weighted by Gasteiger charge is -2.11. The zero-order chi connectivity index (χ0) is 16.5. The molecule has 0 amide bonds. The average molecular weight is 345 g/mol. The Morgan fingerprint density at radius 1 is 1.27 bits per heavy atom. The van der Waals surface area contributed by atoms with E-state index in [0.29, 0.717) is 11.3 Å². The molecule has 2 unspecified atom stereocenters. The molecule has 4 nitrogen and oxygen atoms in total. The van der Waals surface area contributed by atoms with Gasteiger partial charge in [-0.15, -0.1) is 0 Å². The number of hydrogen-bond acceptors (Lipinski definition) is 3. The highest BCUT2D eigenvalue weighted by Gasteiger charge is 2.19. The highest BCUT2D eigenvalue weighted by molar-refractivity contribution is 8.14. The molecule has 0 saturated carbocycles. The summed E-state index contributed by atoms with van der Waals surface area (Å²) in [7, 11) is 1.43. The summed E-state index contributed by atoms with van der Waals surface area (Å²) in [6, 6.07) is 2.82. The third-order valence-corrected chi connectivity index (χ3v) is 5.10. The number of allylic oxidation sites excluding steroid dienone is 2. The lowest BCUT2D eigenvalue weighted by atomic mass is 9.96. The molecule has 0 aliphatic carbocycles. The topological polar surface area (TPSA) is 62.8 Å². The number of alkyl halides is 1.